The molecule has 1 saturated carbocycles. The molecule has 6 nitrogen and oxygen atoms in total. The van der Waals surface area contributed by atoms with Gasteiger partial charge in [-0.2, -0.15) is 0 Å². The minimum atomic E-state index is -0.338. The summed E-state index contributed by atoms with van der Waals surface area (Å²) in [5.41, 5.74) is 1.30. The number of halogens is 2. The largest absolute Gasteiger partial charge is 0.439 e. The number of nitrogens with zero attached hydrogens (tertiary/aromatic N) is 2. The Morgan fingerprint density at radius 2 is 2.00 bits per heavy atom. The van der Waals surface area contributed by atoms with Crippen LogP contribution in [0.2, 0.25) is 0 Å². The quantitative estimate of drug-likeness (QED) is 0.180. The Hall–Kier alpha value is -1.94. The van der Waals surface area contributed by atoms with E-state index in [1.807, 2.05) is 13.0 Å². The van der Waals surface area contributed by atoms with Crippen LogP contribution in [0.1, 0.15) is 44.6 Å². The zero-order chi connectivity index (χ0) is 21.9. The van der Waals surface area contributed by atoms with Crippen LogP contribution in [0.5, 0.6) is 11.6 Å². The van der Waals surface area contributed by atoms with Crippen molar-refractivity contribution in [2.45, 2.75) is 45.6 Å². The van der Waals surface area contributed by atoms with Gasteiger partial charge in [-0.15, -0.1) is 24.0 Å². The molecule has 0 saturated heterocycles. The highest BCUT2D eigenvalue weighted by molar-refractivity contribution is 14.0. The summed E-state index contributed by atoms with van der Waals surface area (Å²) in [7, 11) is 1.78. The van der Waals surface area contributed by atoms with E-state index in [9.17, 15) is 4.39 Å². The van der Waals surface area contributed by atoms with Gasteiger partial charge in [0.1, 0.15) is 11.6 Å². The average Bonchev–Trinajstić information content (AvgIpc) is 3.24. The Bertz CT molecular complexity index is 842. The SMILES string of the molecule is CCOCCC1(CNC(=NC)NCc2ccc(Oc3cccc(F)c3)nc2)CCCC1.I. The van der Waals surface area contributed by atoms with Crippen LogP contribution in [-0.4, -0.2) is 37.7 Å². The second-order valence-corrected chi connectivity index (χ2v) is 8.00. The van der Waals surface area contributed by atoms with Gasteiger partial charge >= 0.3 is 0 Å². The molecule has 3 rings (SSSR count). The molecule has 32 heavy (non-hydrogen) atoms. The van der Waals surface area contributed by atoms with E-state index in [2.05, 4.69) is 20.6 Å². The first-order valence-electron chi connectivity index (χ1n) is 11.0. The summed E-state index contributed by atoms with van der Waals surface area (Å²) in [5.74, 6) is 1.29. The monoisotopic (exact) mass is 556 g/mol. The normalized spacial score (nSPS) is 15.2. The number of hydrogen-bond acceptors (Lipinski definition) is 4. The van der Waals surface area contributed by atoms with Gasteiger partial charge in [-0.05, 0) is 49.3 Å². The number of aliphatic imine (C=N–C) groups is 1. The maximum atomic E-state index is 13.3. The zero-order valence-corrected chi connectivity index (χ0v) is 21.2. The van der Waals surface area contributed by atoms with Crippen molar-refractivity contribution >= 4 is 29.9 Å². The molecular weight excluding hydrogens is 522 g/mol. The van der Waals surface area contributed by atoms with Gasteiger partial charge in [-0.25, -0.2) is 9.37 Å². The Morgan fingerprint density at radius 1 is 1.19 bits per heavy atom. The lowest BCUT2D eigenvalue weighted by molar-refractivity contribution is 0.105. The molecule has 8 heteroatoms. The summed E-state index contributed by atoms with van der Waals surface area (Å²) >= 11 is 0. The molecule has 1 aromatic heterocycles. The maximum absolute atomic E-state index is 13.3. The van der Waals surface area contributed by atoms with E-state index in [0.29, 0.717) is 23.6 Å². The summed E-state index contributed by atoms with van der Waals surface area (Å²) in [4.78, 5) is 8.67. The molecule has 2 N–H and O–H groups in total. The van der Waals surface area contributed by atoms with E-state index in [1.165, 1.54) is 37.8 Å². The number of pyridine rings is 1. The molecule has 176 valence electrons. The molecule has 0 atom stereocenters. The molecule has 1 aromatic carbocycles. The van der Waals surface area contributed by atoms with Crippen LogP contribution in [-0.2, 0) is 11.3 Å². The first kappa shape index (κ1) is 26.3. The van der Waals surface area contributed by atoms with Crippen LogP contribution in [0, 0.1) is 11.2 Å². The first-order chi connectivity index (χ1) is 15.1. The second-order valence-electron chi connectivity index (χ2n) is 8.00. The fraction of sp³-hybridized carbons (Fsp3) is 0.500. The molecule has 1 aliphatic rings. The highest BCUT2D eigenvalue weighted by atomic mass is 127. The molecule has 0 radical (unpaired) electrons. The summed E-state index contributed by atoms with van der Waals surface area (Å²) < 4.78 is 24.5. The number of guanidine groups is 1. The molecule has 2 aromatic rings. The highest BCUT2D eigenvalue weighted by Crippen LogP contribution is 2.40. The van der Waals surface area contributed by atoms with Gasteiger partial charge in [0.25, 0.3) is 0 Å². The fourth-order valence-corrected chi connectivity index (χ4v) is 3.98. The number of benzene rings is 1. The van der Waals surface area contributed by atoms with Crippen molar-refractivity contribution in [2.75, 3.05) is 26.8 Å². The van der Waals surface area contributed by atoms with Gasteiger partial charge in [-0.1, -0.05) is 25.0 Å². The van der Waals surface area contributed by atoms with E-state index in [0.717, 1.165) is 37.7 Å². The number of nitrogens with one attached hydrogen (secondary N) is 2. The van der Waals surface area contributed by atoms with Gasteiger partial charge in [0.15, 0.2) is 5.96 Å². The molecule has 1 aliphatic carbocycles. The van der Waals surface area contributed by atoms with Crippen LogP contribution < -0.4 is 15.4 Å². The third kappa shape index (κ3) is 8.20. The maximum Gasteiger partial charge on any atom is 0.219 e. The zero-order valence-electron chi connectivity index (χ0n) is 18.9. The van der Waals surface area contributed by atoms with Crippen molar-refractivity contribution in [1.29, 1.82) is 0 Å². The van der Waals surface area contributed by atoms with E-state index in [4.69, 9.17) is 9.47 Å². The lowest BCUT2D eigenvalue weighted by atomic mass is 9.83. The molecule has 0 unspecified atom stereocenters. The summed E-state index contributed by atoms with van der Waals surface area (Å²) in [6.45, 7) is 5.13. The summed E-state index contributed by atoms with van der Waals surface area (Å²) in [5, 5.41) is 6.85. The van der Waals surface area contributed by atoms with E-state index in [-0.39, 0.29) is 29.8 Å². The van der Waals surface area contributed by atoms with Crippen LogP contribution >= 0.6 is 24.0 Å². The van der Waals surface area contributed by atoms with Crippen molar-refractivity contribution in [2.24, 2.45) is 10.4 Å². The molecule has 0 aliphatic heterocycles. The standard InChI is InChI=1S/C24H33FN4O2.HI/c1-3-30-14-13-24(11-4-5-12-24)18-29-23(26-2)28-17-19-9-10-22(27-16-19)31-21-8-6-7-20(25)15-21;/h6-10,15-16H,3-5,11-14,17-18H2,1-2H3,(H2,26,28,29);1H. The van der Waals surface area contributed by atoms with Gasteiger partial charge in [0.05, 0.1) is 0 Å². The van der Waals surface area contributed by atoms with E-state index < -0.39 is 0 Å². The van der Waals surface area contributed by atoms with Crippen LogP contribution in [0.15, 0.2) is 47.6 Å². The molecule has 0 amide bonds. The van der Waals surface area contributed by atoms with Gasteiger partial charge in [-0.3, -0.25) is 4.99 Å². The minimum absolute atomic E-state index is 0. The fourth-order valence-electron chi connectivity index (χ4n) is 3.98. The van der Waals surface area contributed by atoms with Crippen LogP contribution in [0.25, 0.3) is 0 Å². The van der Waals surface area contributed by atoms with Crippen molar-refractivity contribution < 1.29 is 13.9 Å². The average molecular weight is 556 g/mol. The van der Waals surface area contributed by atoms with Crippen molar-refractivity contribution in [3.05, 3.63) is 54.0 Å². The lowest BCUT2D eigenvalue weighted by Gasteiger charge is -2.30. The van der Waals surface area contributed by atoms with Gasteiger partial charge < -0.3 is 20.1 Å². The third-order valence-electron chi connectivity index (χ3n) is 5.78. The Labute approximate surface area is 207 Å². The summed E-state index contributed by atoms with van der Waals surface area (Å²) in [6, 6.07) is 9.72. The molecule has 0 spiro atoms. The van der Waals surface area contributed by atoms with Crippen LogP contribution in [0.3, 0.4) is 0 Å². The Kier molecular flexibility index (Phi) is 11.2. The van der Waals surface area contributed by atoms with Gasteiger partial charge in [0.2, 0.25) is 5.88 Å². The highest BCUT2D eigenvalue weighted by Gasteiger charge is 2.33. The number of ether oxygens (including phenoxy) is 2. The van der Waals surface area contributed by atoms with Gasteiger partial charge in [0, 0.05) is 51.7 Å². The number of rotatable bonds is 10. The molecule has 1 fully saturated rings. The van der Waals surface area contributed by atoms with Crippen LogP contribution in [0.4, 0.5) is 4.39 Å². The predicted molar refractivity (Wildman–Crippen MR) is 136 cm³/mol. The minimum Gasteiger partial charge on any atom is -0.439 e. The predicted octanol–water partition coefficient (Wildman–Crippen LogP) is 5.28. The Morgan fingerprint density at radius 3 is 2.66 bits per heavy atom. The topological polar surface area (TPSA) is 67.8 Å². The third-order valence-corrected chi connectivity index (χ3v) is 5.78. The molecular formula is C24H34FIN4O2. The second kappa shape index (κ2) is 13.6. The van der Waals surface area contributed by atoms with Crippen molar-refractivity contribution in [1.82, 2.24) is 15.6 Å². The van der Waals surface area contributed by atoms with E-state index in [1.54, 1.807) is 31.4 Å². The number of hydrogen-bond donors (Lipinski definition) is 2. The molecule has 1 heterocycles. The van der Waals surface area contributed by atoms with E-state index >= 15 is 0 Å². The lowest BCUT2D eigenvalue weighted by Crippen LogP contribution is -2.43. The van der Waals surface area contributed by atoms with Crippen molar-refractivity contribution in [3.8, 4) is 11.6 Å². The Balaban J connectivity index is 0.00000363. The first-order valence-corrected chi connectivity index (χ1v) is 11.0. The molecule has 0 bridgehead atoms. The smallest absolute Gasteiger partial charge is 0.219 e. The summed E-state index contributed by atoms with van der Waals surface area (Å²) in [6.07, 6.45) is 7.88. The number of aromatic nitrogens is 1. The van der Waals surface area contributed by atoms with Crippen molar-refractivity contribution in [3.63, 3.8) is 0 Å².